The maximum atomic E-state index is 10.8. The Morgan fingerprint density at radius 1 is 1.33 bits per heavy atom. The van der Waals surface area contributed by atoms with Gasteiger partial charge in [0.25, 0.3) is 0 Å². The minimum absolute atomic E-state index is 0.187. The lowest BCUT2D eigenvalue weighted by atomic mass is 10.1. The van der Waals surface area contributed by atoms with Crippen molar-refractivity contribution in [2.75, 3.05) is 19.6 Å². The molecule has 0 N–H and O–H groups in total. The fourth-order valence-electron chi connectivity index (χ4n) is 1.39. The summed E-state index contributed by atoms with van der Waals surface area (Å²) in [4.78, 5) is 22.6. The van der Waals surface area contributed by atoms with Crippen molar-refractivity contribution in [1.82, 2.24) is 4.90 Å². The largest absolute Gasteiger partial charge is 0.395 e. The van der Waals surface area contributed by atoms with E-state index in [0.29, 0.717) is 0 Å². The van der Waals surface area contributed by atoms with Gasteiger partial charge < -0.3 is 4.74 Å². The second kappa shape index (κ2) is 4.87. The smallest absolute Gasteiger partial charge is 0.327 e. The molecule has 1 heterocycles. The highest BCUT2D eigenvalue weighted by Crippen LogP contribution is 2.07. The summed E-state index contributed by atoms with van der Waals surface area (Å²) >= 11 is 0. The van der Waals surface area contributed by atoms with Gasteiger partial charge >= 0.3 is 12.4 Å². The second-order valence-corrected chi connectivity index (χ2v) is 2.92. The molecule has 1 fully saturated rings. The molecule has 0 radical (unpaired) electrons. The Bertz CT molecular complexity index is 164. The van der Waals surface area contributed by atoms with E-state index in [9.17, 15) is 9.59 Å². The molecule has 1 aliphatic rings. The molecule has 12 heavy (non-hydrogen) atoms. The number of likely N-dealkylation sites (tertiary alicyclic amines) is 1. The third kappa shape index (κ3) is 3.00. The average molecular weight is 171 g/mol. The van der Waals surface area contributed by atoms with E-state index in [1.807, 2.05) is 4.90 Å². The predicted octanol–water partition coefficient (Wildman–Crippen LogP) is 0.172. The molecule has 0 aliphatic carbocycles. The van der Waals surface area contributed by atoms with Crippen molar-refractivity contribution in [1.29, 1.82) is 0 Å². The summed E-state index contributed by atoms with van der Waals surface area (Å²) < 4.78 is 4.18. The molecular weight excluding hydrogens is 158 g/mol. The molecule has 0 aromatic rings. The molecule has 1 saturated heterocycles. The number of ether oxygens (including phenoxy) is 1. The van der Waals surface area contributed by atoms with Crippen LogP contribution in [0.3, 0.4) is 0 Å². The van der Waals surface area contributed by atoms with Crippen LogP contribution < -0.4 is 0 Å². The zero-order valence-corrected chi connectivity index (χ0v) is 6.99. The van der Waals surface area contributed by atoms with Gasteiger partial charge in [0, 0.05) is 0 Å². The Hall–Kier alpha value is -0.900. The fraction of sp³-hybridized carbons (Fsp3) is 0.750. The molecule has 1 aliphatic heterocycles. The highest BCUT2D eigenvalue weighted by molar-refractivity contribution is 5.78. The zero-order valence-electron chi connectivity index (χ0n) is 6.99. The van der Waals surface area contributed by atoms with Crippen LogP contribution in [0, 0.1) is 0 Å². The average Bonchev–Trinajstić information content (AvgIpc) is 2.06. The Labute approximate surface area is 71.5 Å². The summed E-state index contributed by atoms with van der Waals surface area (Å²) in [5.74, 6) is -0.452. The van der Waals surface area contributed by atoms with Gasteiger partial charge in [0.15, 0.2) is 0 Å². The molecule has 0 aromatic carbocycles. The highest BCUT2D eigenvalue weighted by atomic mass is 16.6. The van der Waals surface area contributed by atoms with E-state index in [1.165, 1.54) is 6.42 Å². The SMILES string of the molecule is O=COC(=O)CN1CCCCC1. The number of nitrogens with zero attached hydrogens (tertiary/aromatic N) is 1. The lowest BCUT2D eigenvalue weighted by Crippen LogP contribution is -2.35. The van der Waals surface area contributed by atoms with Gasteiger partial charge in [0.05, 0.1) is 6.54 Å². The van der Waals surface area contributed by atoms with Crippen LogP contribution in [0.25, 0.3) is 0 Å². The predicted molar refractivity (Wildman–Crippen MR) is 42.4 cm³/mol. The van der Waals surface area contributed by atoms with E-state index in [-0.39, 0.29) is 13.0 Å². The minimum Gasteiger partial charge on any atom is -0.395 e. The summed E-state index contributed by atoms with van der Waals surface area (Å²) in [5.41, 5.74) is 0. The summed E-state index contributed by atoms with van der Waals surface area (Å²) in [6.45, 7) is 2.31. The Kier molecular flexibility index (Phi) is 3.73. The molecule has 0 amide bonds. The van der Waals surface area contributed by atoms with Gasteiger partial charge in [0.2, 0.25) is 0 Å². The number of hydrogen-bond acceptors (Lipinski definition) is 4. The lowest BCUT2D eigenvalue weighted by Gasteiger charge is -2.24. The monoisotopic (exact) mass is 171 g/mol. The standard InChI is InChI=1S/C8H13NO3/c10-7-12-8(11)6-9-4-2-1-3-5-9/h7H,1-6H2. The van der Waals surface area contributed by atoms with Crippen LogP contribution in [-0.4, -0.2) is 37.0 Å². The second-order valence-electron chi connectivity index (χ2n) is 2.92. The first-order valence-corrected chi connectivity index (χ1v) is 4.18. The Balaban J connectivity index is 2.19. The van der Waals surface area contributed by atoms with Crippen molar-refractivity contribution in [2.24, 2.45) is 0 Å². The van der Waals surface area contributed by atoms with Gasteiger partial charge in [-0.1, -0.05) is 6.42 Å². The van der Waals surface area contributed by atoms with Crippen LogP contribution >= 0.6 is 0 Å². The van der Waals surface area contributed by atoms with Crippen molar-refractivity contribution < 1.29 is 14.3 Å². The van der Waals surface area contributed by atoms with Crippen LogP contribution in [0.2, 0.25) is 0 Å². The van der Waals surface area contributed by atoms with Crippen molar-refractivity contribution in [2.45, 2.75) is 19.3 Å². The zero-order chi connectivity index (χ0) is 8.81. The Morgan fingerprint density at radius 2 is 2.00 bits per heavy atom. The first-order chi connectivity index (χ1) is 5.83. The molecular formula is C8H13NO3. The van der Waals surface area contributed by atoms with Crippen LogP contribution in [0.4, 0.5) is 0 Å². The quantitative estimate of drug-likeness (QED) is 0.345. The van der Waals surface area contributed by atoms with Crippen LogP contribution in [0.15, 0.2) is 0 Å². The Morgan fingerprint density at radius 3 is 2.58 bits per heavy atom. The maximum Gasteiger partial charge on any atom is 0.327 e. The topological polar surface area (TPSA) is 46.6 Å². The van der Waals surface area contributed by atoms with Gasteiger partial charge in [-0.3, -0.25) is 14.5 Å². The van der Waals surface area contributed by atoms with E-state index in [1.54, 1.807) is 0 Å². The van der Waals surface area contributed by atoms with Crippen molar-refractivity contribution in [3.8, 4) is 0 Å². The number of piperidine rings is 1. The number of rotatable bonds is 3. The van der Waals surface area contributed by atoms with E-state index in [0.717, 1.165) is 25.9 Å². The molecule has 0 bridgehead atoms. The number of carbonyl (C=O) groups excluding carboxylic acids is 2. The summed E-state index contributed by atoms with van der Waals surface area (Å²) in [7, 11) is 0. The van der Waals surface area contributed by atoms with Crippen LogP contribution in [0.1, 0.15) is 19.3 Å². The van der Waals surface area contributed by atoms with E-state index in [4.69, 9.17) is 0 Å². The summed E-state index contributed by atoms with van der Waals surface area (Å²) in [5, 5.41) is 0. The van der Waals surface area contributed by atoms with Gasteiger partial charge in [0.1, 0.15) is 0 Å². The summed E-state index contributed by atoms with van der Waals surface area (Å²) in [6.07, 6.45) is 3.50. The summed E-state index contributed by atoms with van der Waals surface area (Å²) in [6, 6.07) is 0. The third-order valence-electron chi connectivity index (χ3n) is 1.98. The highest BCUT2D eigenvalue weighted by Gasteiger charge is 2.13. The van der Waals surface area contributed by atoms with E-state index < -0.39 is 5.97 Å². The fourth-order valence-corrected chi connectivity index (χ4v) is 1.39. The number of carbonyl (C=O) groups is 2. The van der Waals surface area contributed by atoms with Gasteiger partial charge in [-0.25, -0.2) is 0 Å². The van der Waals surface area contributed by atoms with E-state index in [2.05, 4.69) is 4.74 Å². The maximum absolute atomic E-state index is 10.8. The third-order valence-corrected chi connectivity index (χ3v) is 1.98. The first-order valence-electron chi connectivity index (χ1n) is 4.18. The number of hydrogen-bond donors (Lipinski definition) is 0. The molecule has 4 nitrogen and oxygen atoms in total. The van der Waals surface area contributed by atoms with Crippen LogP contribution in [-0.2, 0) is 14.3 Å². The first kappa shape index (κ1) is 9.19. The molecule has 0 unspecified atom stereocenters. The van der Waals surface area contributed by atoms with Crippen molar-refractivity contribution in [3.05, 3.63) is 0 Å². The van der Waals surface area contributed by atoms with Gasteiger partial charge in [-0.2, -0.15) is 0 Å². The molecule has 0 spiro atoms. The number of esters is 1. The molecule has 0 saturated carbocycles. The molecule has 68 valence electrons. The van der Waals surface area contributed by atoms with Crippen molar-refractivity contribution in [3.63, 3.8) is 0 Å². The molecule has 0 aromatic heterocycles. The van der Waals surface area contributed by atoms with Gasteiger partial charge in [-0.05, 0) is 25.9 Å². The normalized spacial score (nSPS) is 18.7. The molecule has 1 rings (SSSR count). The van der Waals surface area contributed by atoms with Gasteiger partial charge in [-0.15, -0.1) is 0 Å². The molecule has 0 atom stereocenters. The minimum atomic E-state index is -0.452. The van der Waals surface area contributed by atoms with Crippen molar-refractivity contribution >= 4 is 12.4 Å². The van der Waals surface area contributed by atoms with Crippen LogP contribution in [0.5, 0.6) is 0 Å². The lowest BCUT2D eigenvalue weighted by molar-refractivity contribution is -0.152. The molecule has 4 heteroatoms. The van der Waals surface area contributed by atoms with E-state index >= 15 is 0 Å².